The van der Waals surface area contributed by atoms with E-state index in [1.165, 1.54) is 34.6 Å². The lowest BCUT2D eigenvalue weighted by Crippen LogP contribution is -2.81. The van der Waals surface area contributed by atoms with E-state index in [2.05, 4.69) is 0 Å². The summed E-state index contributed by atoms with van der Waals surface area (Å²) >= 11 is 0. The molecule has 1 fully saturated rings. The Balaban J connectivity index is 3.34. The molecule has 0 aromatic rings. The molecule has 6 atom stereocenters. The summed E-state index contributed by atoms with van der Waals surface area (Å²) in [7, 11) is 0. The molecule has 6 nitrogen and oxygen atoms in total. The van der Waals surface area contributed by atoms with Gasteiger partial charge in [-0.25, -0.2) is 0 Å². The van der Waals surface area contributed by atoms with Gasteiger partial charge in [-0.2, -0.15) is 0 Å². The lowest BCUT2D eigenvalue weighted by Gasteiger charge is -2.60. The van der Waals surface area contributed by atoms with Crippen molar-refractivity contribution in [2.24, 2.45) is 0 Å². The lowest BCUT2D eigenvalue weighted by atomic mass is 9.64. The van der Waals surface area contributed by atoms with Gasteiger partial charge in [0.2, 0.25) is 0 Å². The zero-order valence-corrected chi connectivity index (χ0v) is 10.8. The summed E-state index contributed by atoms with van der Waals surface area (Å²) in [4.78, 5) is 0. The van der Waals surface area contributed by atoms with Crippen LogP contribution in [-0.4, -0.2) is 60.3 Å². The molecule has 1 heterocycles. The molecule has 0 aromatic carbocycles. The van der Waals surface area contributed by atoms with Crippen molar-refractivity contribution in [3.63, 3.8) is 0 Å². The number of aliphatic hydroxyl groups is 5. The molecule has 102 valence electrons. The monoisotopic (exact) mass is 250 g/mol. The van der Waals surface area contributed by atoms with Crippen LogP contribution in [0.4, 0.5) is 0 Å². The van der Waals surface area contributed by atoms with E-state index in [9.17, 15) is 25.5 Å². The quantitative estimate of drug-likeness (QED) is 0.397. The fourth-order valence-corrected chi connectivity index (χ4v) is 2.27. The van der Waals surface area contributed by atoms with E-state index in [-0.39, 0.29) is 0 Å². The van der Waals surface area contributed by atoms with Gasteiger partial charge in [-0.15, -0.1) is 0 Å². The lowest BCUT2D eigenvalue weighted by molar-refractivity contribution is -0.428. The van der Waals surface area contributed by atoms with Gasteiger partial charge in [-0.05, 0) is 34.6 Å². The van der Waals surface area contributed by atoms with E-state index < -0.39 is 34.8 Å². The second-order valence-electron chi connectivity index (χ2n) is 5.55. The van der Waals surface area contributed by atoms with Crippen LogP contribution in [-0.2, 0) is 4.74 Å². The zero-order valence-electron chi connectivity index (χ0n) is 10.8. The molecular weight excluding hydrogens is 228 g/mol. The summed E-state index contributed by atoms with van der Waals surface area (Å²) in [5.41, 5.74) is -6.09. The maximum atomic E-state index is 10.3. The third-order valence-corrected chi connectivity index (χ3v) is 4.19. The first-order valence-electron chi connectivity index (χ1n) is 5.54. The smallest absolute Gasteiger partial charge is 0.195 e. The van der Waals surface area contributed by atoms with E-state index in [0.29, 0.717) is 0 Å². The molecular formula is C11H22O6. The molecule has 6 heteroatoms. The highest BCUT2D eigenvalue weighted by Crippen LogP contribution is 2.48. The first-order valence-corrected chi connectivity index (χ1v) is 5.54. The molecule has 5 N–H and O–H groups in total. The van der Waals surface area contributed by atoms with Crippen LogP contribution in [0.5, 0.6) is 0 Å². The predicted octanol–water partition coefficient (Wildman–Crippen LogP) is -1.27. The predicted molar refractivity (Wildman–Crippen MR) is 59.0 cm³/mol. The summed E-state index contributed by atoms with van der Waals surface area (Å²) in [6, 6.07) is 0. The highest BCUT2D eigenvalue weighted by atomic mass is 16.7. The summed E-state index contributed by atoms with van der Waals surface area (Å²) in [6.45, 7) is 6.14. The molecule has 0 spiro atoms. The van der Waals surface area contributed by atoms with Crippen LogP contribution in [0, 0.1) is 0 Å². The minimum Gasteiger partial charge on any atom is -0.391 e. The molecule has 1 rings (SSSR count). The molecule has 0 amide bonds. The zero-order chi connectivity index (χ0) is 13.9. The van der Waals surface area contributed by atoms with Crippen molar-refractivity contribution in [2.75, 3.05) is 0 Å². The molecule has 2 unspecified atom stereocenters. The van der Waals surface area contributed by atoms with Gasteiger partial charge in [-0.3, -0.25) is 0 Å². The summed E-state index contributed by atoms with van der Waals surface area (Å²) in [5, 5.41) is 50.4. The van der Waals surface area contributed by atoms with Gasteiger partial charge in [0.15, 0.2) is 5.79 Å². The Bertz CT molecular complexity index is 305. The van der Waals surface area contributed by atoms with Crippen molar-refractivity contribution in [3.05, 3.63) is 0 Å². The number of aliphatic hydroxyl groups excluding tert-OH is 1. The van der Waals surface area contributed by atoms with Crippen LogP contribution in [0.25, 0.3) is 0 Å². The van der Waals surface area contributed by atoms with Crippen LogP contribution < -0.4 is 0 Å². The second kappa shape index (κ2) is 3.63. The number of rotatable bonds is 1. The van der Waals surface area contributed by atoms with Crippen LogP contribution >= 0.6 is 0 Å². The third-order valence-electron chi connectivity index (χ3n) is 4.19. The summed E-state index contributed by atoms with van der Waals surface area (Å²) in [6.07, 6.45) is -2.35. The molecule has 1 aliphatic rings. The average molecular weight is 250 g/mol. The van der Waals surface area contributed by atoms with Crippen molar-refractivity contribution in [2.45, 2.75) is 69.4 Å². The van der Waals surface area contributed by atoms with Gasteiger partial charge in [0.05, 0.1) is 6.10 Å². The Labute approximate surface area is 100 Å². The standard InChI is InChI=1S/C11H22O6/c1-6(12)7-8(2,13)9(3,14)10(4,15)11(5,16)17-7/h6-7,12-16H,1-5H3/t6?,7-,8-,9+,10+,11?/m1/s1. The topological polar surface area (TPSA) is 110 Å². The van der Waals surface area contributed by atoms with Crippen molar-refractivity contribution < 1.29 is 30.3 Å². The number of ether oxygens (including phenoxy) is 1. The minimum atomic E-state index is -2.10. The normalized spacial score (nSPS) is 57.9. The SMILES string of the molecule is CC(O)[C@H]1OC(C)(O)[C@@](C)(O)[C@@](C)(O)[C@]1(C)O. The largest absolute Gasteiger partial charge is 0.391 e. The highest BCUT2D eigenvalue weighted by molar-refractivity contribution is 5.17. The van der Waals surface area contributed by atoms with Gasteiger partial charge in [-0.1, -0.05) is 0 Å². The molecule has 0 bridgehead atoms. The number of hydrogen-bond acceptors (Lipinski definition) is 6. The van der Waals surface area contributed by atoms with Crippen molar-refractivity contribution in [1.82, 2.24) is 0 Å². The Morgan fingerprint density at radius 2 is 1.35 bits per heavy atom. The Hall–Kier alpha value is -0.240. The molecule has 0 radical (unpaired) electrons. The summed E-state index contributed by atoms with van der Waals surface area (Å²) in [5.74, 6) is -2.10. The maximum absolute atomic E-state index is 10.3. The van der Waals surface area contributed by atoms with Gasteiger partial charge in [0.25, 0.3) is 0 Å². The Kier molecular flexibility index (Phi) is 3.16. The fraction of sp³-hybridized carbons (Fsp3) is 1.00. The molecule has 0 aliphatic carbocycles. The third kappa shape index (κ3) is 1.71. The van der Waals surface area contributed by atoms with Gasteiger partial charge >= 0.3 is 0 Å². The van der Waals surface area contributed by atoms with E-state index in [0.717, 1.165) is 0 Å². The van der Waals surface area contributed by atoms with Crippen LogP contribution in [0.2, 0.25) is 0 Å². The van der Waals surface area contributed by atoms with E-state index in [1.54, 1.807) is 0 Å². The van der Waals surface area contributed by atoms with Gasteiger partial charge < -0.3 is 30.3 Å². The summed E-state index contributed by atoms with van der Waals surface area (Å²) < 4.78 is 5.15. The molecule has 0 saturated carbocycles. The van der Waals surface area contributed by atoms with Crippen molar-refractivity contribution in [1.29, 1.82) is 0 Å². The van der Waals surface area contributed by atoms with E-state index in [4.69, 9.17) is 4.74 Å². The highest BCUT2D eigenvalue weighted by Gasteiger charge is 2.70. The van der Waals surface area contributed by atoms with Crippen LogP contribution in [0.15, 0.2) is 0 Å². The molecule has 1 aliphatic heterocycles. The van der Waals surface area contributed by atoms with Gasteiger partial charge in [0, 0.05) is 0 Å². The second-order valence-corrected chi connectivity index (χ2v) is 5.55. The van der Waals surface area contributed by atoms with E-state index in [1.807, 2.05) is 0 Å². The van der Waals surface area contributed by atoms with Crippen molar-refractivity contribution in [3.8, 4) is 0 Å². The van der Waals surface area contributed by atoms with Crippen LogP contribution in [0.1, 0.15) is 34.6 Å². The van der Waals surface area contributed by atoms with E-state index >= 15 is 0 Å². The maximum Gasteiger partial charge on any atom is 0.195 e. The first-order chi connectivity index (χ1) is 7.29. The Morgan fingerprint density at radius 3 is 1.71 bits per heavy atom. The Morgan fingerprint density at radius 1 is 0.941 bits per heavy atom. The van der Waals surface area contributed by atoms with Gasteiger partial charge in [0.1, 0.15) is 22.9 Å². The van der Waals surface area contributed by atoms with Crippen LogP contribution in [0.3, 0.4) is 0 Å². The average Bonchev–Trinajstić information content (AvgIpc) is 2.11. The molecule has 1 saturated heterocycles. The molecule has 0 aromatic heterocycles. The minimum absolute atomic E-state index is 1.13. The fourth-order valence-electron chi connectivity index (χ4n) is 2.27. The molecule has 17 heavy (non-hydrogen) atoms. The van der Waals surface area contributed by atoms with Crippen molar-refractivity contribution >= 4 is 0 Å². The number of hydrogen-bond donors (Lipinski definition) is 5. The first kappa shape index (κ1) is 14.8.